The van der Waals surface area contributed by atoms with Crippen molar-refractivity contribution in [2.45, 2.75) is 11.0 Å². The Morgan fingerprint density at radius 1 is 1.10 bits per heavy atom. The minimum Gasteiger partial charge on any atom is -0.372 e. The number of ether oxygens (including phenoxy) is 1. The van der Waals surface area contributed by atoms with Gasteiger partial charge in [-0.3, -0.25) is 4.79 Å². The van der Waals surface area contributed by atoms with Gasteiger partial charge in [-0.1, -0.05) is 11.6 Å². The van der Waals surface area contributed by atoms with E-state index in [1.165, 1.54) is 0 Å². The van der Waals surface area contributed by atoms with E-state index in [1.807, 2.05) is 24.3 Å². The van der Waals surface area contributed by atoms with E-state index < -0.39 is 0 Å². The highest BCUT2D eigenvalue weighted by molar-refractivity contribution is 7.99. The van der Waals surface area contributed by atoms with Crippen LogP contribution in [0, 0.1) is 0 Å². The van der Waals surface area contributed by atoms with Crippen molar-refractivity contribution >= 4 is 29.1 Å². The molecule has 4 heteroatoms. The third-order valence-corrected chi connectivity index (χ3v) is 4.46. The van der Waals surface area contributed by atoms with Gasteiger partial charge in [0, 0.05) is 26.8 Å². The van der Waals surface area contributed by atoms with Gasteiger partial charge < -0.3 is 4.74 Å². The van der Waals surface area contributed by atoms with Crippen molar-refractivity contribution in [2.24, 2.45) is 0 Å². The number of epoxide rings is 1. The summed E-state index contributed by atoms with van der Waals surface area (Å²) in [7, 11) is 0. The van der Waals surface area contributed by atoms with Gasteiger partial charge in [-0.25, -0.2) is 0 Å². The Hall–Kier alpha value is -1.29. The predicted molar refractivity (Wildman–Crippen MR) is 81.8 cm³/mol. The fraction of sp³-hybridized carbons (Fsp3) is 0.188. The highest BCUT2D eigenvalue weighted by Crippen LogP contribution is 2.24. The number of hydrogen-bond donors (Lipinski definition) is 0. The van der Waals surface area contributed by atoms with E-state index in [9.17, 15) is 4.79 Å². The van der Waals surface area contributed by atoms with Crippen LogP contribution >= 0.6 is 23.4 Å². The second-order valence-electron chi connectivity index (χ2n) is 4.63. The second-order valence-corrected chi connectivity index (χ2v) is 6.16. The molecule has 2 aromatic carbocycles. The van der Waals surface area contributed by atoms with E-state index in [4.69, 9.17) is 16.3 Å². The van der Waals surface area contributed by atoms with Crippen LogP contribution in [0.5, 0.6) is 0 Å². The maximum absolute atomic E-state index is 12.3. The average Bonchev–Trinajstić information content (AvgIpc) is 3.30. The molecule has 2 nitrogen and oxygen atoms in total. The molecule has 0 aliphatic carbocycles. The Morgan fingerprint density at radius 2 is 1.65 bits per heavy atom. The molecule has 0 spiro atoms. The molecule has 1 saturated heterocycles. The molecule has 0 bridgehead atoms. The maximum Gasteiger partial charge on any atom is 0.193 e. The zero-order valence-electron chi connectivity index (χ0n) is 10.7. The summed E-state index contributed by atoms with van der Waals surface area (Å²) >= 11 is 7.58. The molecule has 0 radical (unpaired) electrons. The third kappa shape index (κ3) is 3.42. The van der Waals surface area contributed by atoms with Crippen LogP contribution in [0.2, 0.25) is 5.02 Å². The summed E-state index contributed by atoms with van der Waals surface area (Å²) < 4.78 is 5.17. The zero-order chi connectivity index (χ0) is 13.9. The van der Waals surface area contributed by atoms with Gasteiger partial charge in [-0.2, -0.15) is 0 Å². The molecule has 1 atom stereocenters. The van der Waals surface area contributed by atoms with Crippen molar-refractivity contribution in [3.63, 3.8) is 0 Å². The van der Waals surface area contributed by atoms with E-state index in [2.05, 4.69) is 0 Å². The quantitative estimate of drug-likeness (QED) is 0.474. The molecular formula is C16H13ClO2S. The van der Waals surface area contributed by atoms with Gasteiger partial charge in [0.1, 0.15) is 0 Å². The van der Waals surface area contributed by atoms with E-state index in [1.54, 1.807) is 36.0 Å². The average molecular weight is 305 g/mol. The van der Waals surface area contributed by atoms with E-state index in [0.29, 0.717) is 22.3 Å². The van der Waals surface area contributed by atoms with E-state index in [-0.39, 0.29) is 5.78 Å². The molecule has 0 amide bonds. The number of ketones is 1. The number of benzene rings is 2. The molecule has 1 aliphatic heterocycles. The van der Waals surface area contributed by atoms with Crippen molar-refractivity contribution in [2.75, 3.05) is 12.4 Å². The molecule has 1 unspecified atom stereocenters. The van der Waals surface area contributed by atoms with Crippen molar-refractivity contribution in [3.05, 3.63) is 64.7 Å². The predicted octanol–water partition coefficient (Wildman–Crippen LogP) is 4.06. The van der Waals surface area contributed by atoms with Gasteiger partial charge in [0.15, 0.2) is 5.78 Å². The smallest absolute Gasteiger partial charge is 0.193 e. The van der Waals surface area contributed by atoms with Crippen LogP contribution < -0.4 is 0 Å². The highest BCUT2D eigenvalue weighted by atomic mass is 35.5. The Balaban J connectivity index is 1.69. The molecule has 20 heavy (non-hydrogen) atoms. The Labute approximate surface area is 127 Å². The summed E-state index contributed by atoms with van der Waals surface area (Å²) in [4.78, 5) is 13.4. The molecule has 1 aliphatic rings. The topological polar surface area (TPSA) is 29.6 Å². The summed E-state index contributed by atoms with van der Waals surface area (Å²) in [5.74, 6) is 0.994. The monoisotopic (exact) mass is 304 g/mol. The fourth-order valence-corrected chi connectivity index (χ4v) is 2.85. The highest BCUT2D eigenvalue weighted by Gasteiger charge is 2.22. The van der Waals surface area contributed by atoms with Crippen molar-refractivity contribution < 1.29 is 9.53 Å². The summed E-state index contributed by atoms with van der Waals surface area (Å²) in [6.07, 6.45) is 0.412. The van der Waals surface area contributed by atoms with Crippen molar-refractivity contribution in [3.8, 4) is 0 Å². The van der Waals surface area contributed by atoms with Gasteiger partial charge in [-0.15, -0.1) is 11.8 Å². The second kappa shape index (κ2) is 6.00. The molecule has 1 heterocycles. The number of rotatable bonds is 5. The van der Waals surface area contributed by atoms with Gasteiger partial charge >= 0.3 is 0 Å². The molecule has 1 fully saturated rings. The lowest BCUT2D eigenvalue weighted by molar-refractivity contribution is 0.103. The van der Waals surface area contributed by atoms with Crippen LogP contribution in [0.4, 0.5) is 0 Å². The van der Waals surface area contributed by atoms with Crippen molar-refractivity contribution in [1.82, 2.24) is 0 Å². The van der Waals surface area contributed by atoms with Crippen LogP contribution in [0.1, 0.15) is 15.9 Å². The first kappa shape index (κ1) is 13.7. The van der Waals surface area contributed by atoms with E-state index in [0.717, 1.165) is 17.3 Å². The minimum absolute atomic E-state index is 0.0174. The molecule has 3 rings (SSSR count). The lowest BCUT2D eigenvalue weighted by atomic mass is 10.0. The molecule has 0 N–H and O–H groups in total. The van der Waals surface area contributed by atoms with Gasteiger partial charge in [0.25, 0.3) is 0 Å². The standard InChI is InChI=1S/C16H13ClO2S/c17-13-5-1-11(2-6-13)16(18)12-3-7-15(8-4-12)20-10-14-9-19-14/h1-8,14H,9-10H2. The first-order valence-corrected chi connectivity index (χ1v) is 7.73. The zero-order valence-corrected chi connectivity index (χ0v) is 12.3. The van der Waals surface area contributed by atoms with E-state index >= 15 is 0 Å². The van der Waals surface area contributed by atoms with Crippen LogP contribution in [-0.2, 0) is 4.74 Å². The number of hydrogen-bond acceptors (Lipinski definition) is 3. The third-order valence-electron chi connectivity index (χ3n) is 3.06. The van der Waals surface area contributed by atoms with Crippen LogP contribution in [0.25, 0.3) is 0 Å². The Kier molecular flexibility index (Phi) is 4.10. The summed E-state index contributed by atoms with van der Waals surface area (Å²) in [6, 6.07) is 14.7. The Bertz CT molecular complexity index is 603. The molecule has 2 aromatic rings. The largest absolute Gasteiger partial charge is 0.372 e. The lowest BCUT2D eigenvalue weighted by Crippen LogP contribution is -2.00. The van der Waals surface area contributed by atoms with Crippen LogP contribution in [0.15, 0.2) is 53.4 Å². The summed E-state index contributed by atoms with van der Waals surface area (Å²) in [5.41, 5.74) is 1.35. The van der Waals surface area contributed by atoms with Crippen LogP contribution in [-0.4, -0.2) is 24.2 Å². The van der Waals surface area contributed by atoms with Gasteiger partial charge in [-0.05, 0) is 48.5 Å². The summed E-state index contributed by atoms with van der Waals surface area (Å²) in [6.45, 7) is 0.875. The molecule has 0 saturated carbocycles. The number of carbonyl (C=O) groups is 1. The number of carbonyl (C=O) groups excluding carboxylic acids is 1. The summed E-state index contributed by atoms with van der Waals surface area (Å²) in [5, 5.41) is 0.635. The van der Waals surface area contributed by atoms with Gasteiger partial charge in [0.2, 0.25) is 0 Å². The SMILES string of the molecule is O=C(c1ccc(Cl)cc1)c1ccc(SCC2CO2)cc1. The fourth-order valence-electron chi connectivity index (χ4n) is 1.82. The lowest BCUT2D eigenvalue weighted by Gasteiger charge is -2.03. The van der Waals surface area contributed by atoms with Crippen LogP contribution in [0.3, 0.4) is 0 Å². The minimum atomic E-state index is 0.0174. The molecule has 102 valence electrons. The Morgan fingerprint density at radius 3 is 2.20 bits per heavy atom. The van der Waals surface area contributed by atoms with Gasteiger partial charge in [0.05, 0.1) is 12.7 Å². The normalized spacial score (nSPS) is 16.9. The first-order chi connectivity index (χ1) is 9.72. The maximum atomic E-state index is 12.3. The van der Waals surface area contributed by atoms with Crippen molar-refractivity contribution in [1.29, 1.82) is 0 Å². The number of thioether (sulfide) groups is 1. The molecule has 0 aromatic heterocycles. The molecular weight excluding hydrogens is 292 g/mol. The first-order valence-electron chi connectivity index (χ1n) is 6.37. The number of halogens is 1.